The van der Waals surface area contributed by atoms with Crippen LogP contribution in [0.15, 0.2) is 41.6 Å². The molecule has 0 aliphatic heterocycles. The number of carbonyl (C=O) groups is 2. The predicted molar refractivity (Wildman–Crippen MR) is 180 cm³/mol. The number of aromatic nitrogens is 2. The summed E-state index contributed by atoms with van der Waals surface area (Å²) in [7, 11) is -1.61. The topological polar surface area (TPSA) is 173 Å². The lowest BCUT2D eigenvalue weighted by Gasteiger charge is -2.25. The Hall–Kier alpha value is -4.09. The van der Waals surface area contributed by atoms with E-state index in [1.54, 1.807) is 45.9 Å². The number of nitrogens with zero attached hydrogens (tertiary/aromatic N) is 4. The molecule has 14 nitrogen and oxygen atoms in total. The highest BCUT2D eigenvalue weighted by molar-refractivity contribution is 7.93. The van der Waals surface area contributed by atoms with Gasteiger partial charge in [-0.15, -0.1) is 0 Å². The zero-order valence-electron chi connectivity index (χ0n) is 27.5. The van der Waals surface area contributed by atoms with Gasteiger partial charge in [0.1, 0.15) is 34.1 Å². The Morgan fingerprint density at radius 1 is 1.15 bits per heavy atom. The molecule has 264 valence electrons. The van der Waals surface area contributed by atoms with Crippen LogP contribution in [-0.2, 0) is 21.3 Å². The van der Waals surface area contributed by atoms with Crippen molar-refractivity contribution < 1.29 is 41.7 Å². The molecule has 18 heteroatoms. The first-order valence-corrected chi connectivity index (χ1v) is 17.4. The van der Waals surface area contributed by atoms with E-state index in [9.17, 15) is 23.1 Å². The predicted octanol–water partition coefficient (Wildman–Crippen LogP) is 5.83. The number of unbranched alkanes of at least 4 members (excludes halogenated alkanes) is 1. The lowest BCUT2D eigenvalue weighted by Crippen LogP contribution is -2.45. The lowest BCUT2D eigenvalue weighted by atomic mass is 10.2. The van der Waals surface area contributed by atoms with Crippen LogP contribution < -0.4 is 24.4 Å². The van der Waals surface area contributed by atoms with Gasteiger partial charge in [0, 0.05) is 48.8 Å². The first-order valence-electron chi connectivity index (χ1n) is 14.8. The lowest BCUT2D eigenvalue weighted by molar-refractivity contribution is 0.0494. The van der Waals surface area contributed by atoms with Crippen LogP contribution >= 0.6 is 23.1 Å². The van der Waals surface area contributed by atoms with Gasteiger partial charge >= 0.3 is 12.2 Å². The third-order valence-corrected chi connectivity index (χ3v) is 9.53. The highest BCUT2D eigenvalue weighted by atomic mass is 35.5. The van der Waals surface area contributed by atoms with E-state index in [1.807, 2.05) is 0 Å². The normalized spacial score (nSPS) is 12.2. The third-order valence-electron chi connectivity index (χ3n) is 6.66. The van der Waals surface area contributed by atoms with Crippen LogP contribution in [0.1, 0.15) is 46.1 Å². The van der Waals surface area contributed by atoms with Gasteiger partial charge in [0.25, 0.3) is 10.0 Å². The molecule has 1 atom stereocenters. The number of rotatable bonds is 16. The Labute approximate surface area is 288 Å². The molecule has 3 rings (SSSR count). The average molecular weight is 731 g/mol. The molecule has 3 aromatic rings. The molecule has 0 aliphatic rings. The summed E-state index contributed by atoms with van der Waals surface area (Å²) in [6, 6.07) is 6.40. The second-order valence-corrected chi connectivity index (χ2v) is 14.6. The van der Waals surface area contributed by atoms with Crippen molar-refractivity contribution in [1.82, 2.24) is 19.6 Å². The molecule has 1 aromatic heterocycles. The van der Waals surface area contributed by atoms with Crippen LogP contribution in [-0.4, -0.2) is 85.5 Å². The van der Waals surface area contributed by atoms with Crippen LogP contribution in [0.25, 0.3) is 0 Å². The second-order valence-electron chi connectivity index (χ2n) is 11.6. The molecule has 3 N–H and O–H groups in total. The van der Waals surface area contributed by atoms with Crippen LogP contribution in [0, 0.1) is 5.82 Å². The van der Waals surface area contributed by atoms with E-state index in [-0.39, 0.29) is 35.5 Å². The number of benzene rings is 2. The molecule has 0 radical (unpaired) electrons. The number of anilines is 2. The minimum absolute atomic E-state index is 0.0102. The summed E-state index contributed by atoms with van der Waals surface area (Å²) in [4.78, 5) is 28.3. The van der Waals surface area contributed by atoms with Gasteiger partial charge in [-0.3, -0.25) is 0 Å². The zero-order chi connectivity index (χ0) is 35.6. The SMILES string of the molecule is COc1ccc(CN(c2ncns2)S(=O)(=O)c2cc(Cl)c(NCCCCN(CC(C)NC(=O)OC(C)(C)C)C(=O)O)cc2F)c(OC)c1. The fraction of sp³-hybridized carbons (Fsp3) is 0.467. The van der Waals surface area contributed by atoms with Gasteiger partial charge in [-0.2, -0.15) is 4.37 Å². The molecule has 0 saturated carbocycles. The molecule has 0 aliphatic carbocycles. The van der Waals surface area contributed by atoms with Gasteiger partial charge in [-0.1, -0.05) is 11.6 Å². The van der Waals surface area contributed by atoms with E-state index < -0.39 is 44.6 Å². The maximum atomic E-state index is 15.5. The molecule has 2 amide bonds. The summed E-state index contributed by atoms with van der Waals surface area (Å²) in [6.07, 6.45) is 0.330. The maximum Gasteiger partial charge on any atom is 0.407 e. The van der Waals surface area contributed by atoms with Crippen molar-refractivity contribution in [2.24, 2.45) is 0 Å². The number of carbonyl (C=O) groups excluding carboxylic acids is 1. The standard InChI is InChI=1S/C30H40ClFN6O8S2/c1-19(36-28(39)46-30(2,3)4)16-37(29(40)41)12-8-7-11-33-24-15-23(32)26(14-22(24)31)48(42,43)38(27-34-18-35-47-27)17-20-9-10-21(44-5)13-25(20)45-6/h9-10,13-15,18-19,33H,7-8,11-12,16-17H2,1-6H3,(H,36,39)(H,40,41). The number of halogens is 2. The van der Waals surface area contributed by atoms with E-state index in [4.69, 9.17) is 25.8 Å². The van der Waals surface area contributed by atoms with Gasteiger partial charge in [-0.05, 0) is 64.8 Å². The first-order chi connectivity index (χ1) is 22.5. The molecule has 1 unspecified atom stereocenters. The Kier molecular flexibility index (Phi) is 13.5. The number of nitrogens with one attached hydrogen (secondary N) is 2. The molecule has 2 aromatic carbocycles. The molecule has 1 heterocycles. The summed E-state index contributed by atoms with van der Waals surface area (Å²) >= 11 is 7.24. The van der Waals surface area contributed by atoms with E-state index in [2.05, 4.69) is 20.0 Å². The smallest absolute Gasteiger partial charge is 0.407 e. The van der Waals surface area contributed by atoms with Crippen molar-refractivity contribution in [2.75, 3.05) is 43.5 Å². The maximum absolute atomic E-state index is 15.5. The van der Waals surface area contributed by atoms with Crippen molar-refractivity contribution in [3.8, 4) is 11.5 Å². The largest absolute Gasteiger partial charge is 0.497 e. The second kappa shape index (κ2) is 16.8. The number of hydrogen-bond donors (Lipinski definition) is 3. The van der Waals surface area contributed by atoms with E-state index >= 15 is 4.39 Å². The van der Waals surface area contributed by atoms with Gasteiger partial charge in [0.15, 0.2) is 0 Å². The van der Waals surface area contributed by atoms with Crippen LogP contribution in [0.3, 0.4) is 0 Å². The molecule has 0 spiro atoms. The summed E-state index contributed by atoms with van der Waals surface area (Å²) in [5.41, 5.74) is -0.0506. The fourth-order valence-electron chi connectivity index (χ4n) is 4.45. The Balaban J connectivity index is 1.66. The Bertz CT molecular complexity index is 1660. The molecule has 48 heavy (non-hydrogen) atoms. The summed E-state index contributed by atoms with van der Waals surface area (Å²) in [5.74, 6) is -0.180. The molecular weight excluding hydrogens is 691 g/mol. The van der Waals surface area contributed by atoms with Crippen molar-refractivity contribution in [1.29, 1.82) is 0 Å². The number of amides is 2. The van der Waals surface area contributed by atoms with Gasteiger partial charge in [0.2, 0.25) is 5.13 Å². The zero-order valence-corrected chi connectivity index (χ0v) is 29.8. The molecule has 0 bridgehead atoms. The van der Waals surface area contributed by atoms with Gasteiger partial charge in [-0.25, -0.2) is 31.7 Å². The number of methoxy groups -OCH3 is 2. The van der Waals surface area contributed by atoms with Crippen molar-refractivity contribution in [3.63, 3.8) is 0 Å². The monoisotopic (exact) mass is 730 g/mol. The minimum Gasteiger partial charge on any atom is -0.497 e. The number of carboxylic acid groups (broad SMARTS) is 1. The van der Waals surface area contributed by atoms with Gasteiger partial charge < -0.3 is 34.9 Å². The van der Waals surface area contributed by atoms with Crippen molar-refractivity contribution in [2.45, 2.75) is 63.6 Å². The van der Waals surface area contributed by atoms with Crippen LogP contribution in [0.5, 0.6) is 11.5 Å². The Morgan fingerprint density at radius 3 is 2.48 bits per heavy atom. The highest BCUT2D eigenvalue weighted by Gasteiger charge is 2.32. The minimum atomic E-state index is -4.53. The molecule has 0 saturated heterocycles. The van der Waals surface area contributed by atoms with E-state index in [0.29, 0.717) is 36.4 Å². The number of alkyl carbamates (subject to hydrolysis) is 1. The van der Waals surface area contributed by atoms with Crippen molar-refractivity contribution in [3.05, 3.63) is 53.1 Å². The van der Waals surface area contributed by atoms with E-state index in [1.165, 1.54) is 25.4 Å². The quantitative estimate of drug-likeness (QED) is 0.151. The van der Waals surface area contributed by atoms with Crippen molar-refractivity contribution >= 4 is 56.2 Å². The number of ether oxygens (including phenoxy) is 3. The van der Waals surface area contributed by atoms with Gasteiger partial charge in [0.05, 0.1) is 31.5 Å². The van der Waals surface area contributed by atoms with Crippen LogP contribution in [0.4, 0.5) is 24.8 Å². The first kappa shape index (κ1) is 38.4. The van der Waals surface area contributed by atoms with Crippen LogP contribution in [0.2, 0.25) is 5.02 Å². The Morgan fingerprint density at radius 2 is 1.88 bits per heavy atom. The number of hydrogen-bond acceptors (Lipinski definition) is 11. The summed E-state index contributed by atoms with van der Waals surface area (Å²) in [5, 5.41) is 15.2. The number of sulfonamides is 1. The summed E-state index contributed by atoms with van der Waals surface area (Å²) < 4.78 is 63.9. The fourth-order valence-corrected chi connectivity index (χ4v) is 6.95. The summed E-state index contributed by atoms with van der Waals surface area (Å²) in [6.45, 7) is 7.13. The highest BCUT2D eigenvalue weighted by Crippen LogP contribution is 2.35. The average Bonchev–Trinajstić information content (AvgIpc) is 3.53. The third kappa shape index (κ3) is 10.7. The van der Waals surface area contributed by atoms with E-state index in [0.717, 1.165) is 28.0 Å². The molecular formula is C30H40ClFN6O8S2. The molecule has 0 fully saturated rings.